The number of ether oxygens (including phenoxy) is 2. The molecule has 0 bridgehead atoms. The van der Waals surface area contributed by atoms with Crippen LogP contribution >= 0.6 is 0 Å². The standard InChI is InChI=1S/C15H14F2N4O6S/c1-26-10-6-7-18-14(19-10)20-15(23)21-28(24,25)11-8(12(16)17)4-3-5-9(11)13(22)27-2/h3-7,12H,1-2H3,(H2,18,19,20,21,23). The average Bonchev–Trinajstić information content (AvgIpc) is 2.66. The van der Waals surface area contributed by atoms with E-state index in [1.54, 1.807) is 0 Å². The van der Waals surface area contributed by atoms with Crippen LogP contribution in [0.5, 0.6) is 5.88 Å². The fourth-order valence-electron chi connectivity index (χ4n) is 2.11. The van der Waals surface area contributed by atoms with Gasteiger partial charge in [0, 0.05) is 17.8 Å². The zero-order valence-electron chi connectivity index (χ0n) is 14.5. The van der Waals surface area contributed by atoms with Gasteiger partial charge in [-0.3, -0.25) is 5.32 Å². The van der Waals surface area contributed by atoms with E-state index in [1.165, 1.54) is 24.1 Å². The maximum atomic E-state index is 13.3. The van der Waals surface area contributed by atoms with Crippen molar-refractivity contribution >= 4 is 28.0 Å². The topological polar surface area (TPSA) is 137 Å². The Balaban J connectivity index is 2.38. The summed E-state index contributed by atoms with van der Waals surface area (Å²) in [5.74, 6) is -1.38. The van der Waals surface area contributed by atoms with Gasteiger partial charge in [0.05, 0.1) is 19.8 Å². The second-order valence-corrected chi connectivity index (χ2v) is 6.62. The number of carbonyl (C=O) groups is 2. The van der Waals surface area contributed by atoms with Crippen molar-refractivity contribution in [3.8, 4) is 5.88 Å². The molecule has 1 aromatic heterocycles. The maximum absolute atomic E-state index is 13.3. The largest absolute Gasteiger partial charge is 0.481 e. The number of benzene rings is 1. The van der Waals surface area contributed by atoms with Gasteiger partial charge in [-0.15, -0.1) is 0 Å². The molecule has 2 N–H and O–H groups in total. The summed E-state index contributed by atoms with van der Waals surface area (Å²) >= 11 is 0. The number of aromatic nitrogens is 2. The van der Waals surface area contributed by atoms with E-state index >= 15 is 0 Å². The minimum Gasteiger partial charge on any atom is -0.481 e. The fourth-order valence-corrected chi connectivity index (χ4v) is 3.42. The van der Waals surface area contributed by atoms with Crippen molar-refractivity contribution in [2.75, 3.05) is 19.5 Å². The number of rotatable bonds is 6. The summed E-state index contributed by atoms with van der Waals surface area (Å²) in [7, 11) is -2.62. The quantitative estimate of drug-likeness (QED) is 0.679. The van der Waals surface area contributed by atoms with Crippen LogP contribution in [0.1, 0.15) is 22.3 Å². The predicted molar refractivity (Wildman–Crippen MR) is 90.7 cm³/mol. The van der Waals surface area contributed by atoms with Gasteiger partial charge in [0.2, 0.25) is 11.8 Å². The van der Waals surface area contributed by atoms with E-state index in [1.807, 2.05) is 5.32 Å². The molecule has 0 saturated heterocycles. The summed E-state index contributed by atoms with van der Waals surface area (Å²) in [5.41, 5.74) is -1.63. The maximum Gasteiger partial charge on any atom is 0.339 e. The molecule has 0 saturated carbocycles. The Morgan fingerprint density at radius 2 is 1.89 bits per heavy atom. The molecular formula is C15H14F2N4O6S. The van der Waals surface area contributed by atoms with Crippen LogP contribution in [0, 0.1) is 0 Å². The summed E-state index contributed by atoms with van der Waals surface area (Å²) < 4.78 is 62.5. The lowest BCUT2D eigenvalue weighted by atomic mass is 10.1. The summed E-state index contributed by atoms with van der Waals surface area (Å²) in [6.07, 6.45) is -2.00. The van der Waals surface area contributed by atoms with Gasteiger partial charge >= 0.3 is 12.0 Å². The van der Waals surface area contributed by atoms with Crippen molar-refractivity contribution in [2.24, 2.45) is 0 Å². The number of halogens is 2. The predicted octanol–water partition coefficient (Wildman–Crippen LogP) is 1.72. The normalized spacial score (nSPS) is 11.0. The highest BCUT2D eigenvalue weighted by atomic mass is 32.2. The number of hydrogen-bond donors (Lipinski definition) is 2. The first kappa shape index (κ1) is 21.0. The third-order valence-corrected chi connectivity index (χ3v) is 4.69. The second kappa shape index (κ2) is 8.56. The molecule has 0 aliphatic heterocycles. The van der Waals surface area contributed by atoms with Crippen molar-refractivity contribution in [1.29, 1.82) is 0 Å². The molecule has 0 radical (unpaired) electrons. The molecule has 13 heteroatoms. The van der Waals surface area contributed by atoms with Crippen LogP contribution in [0.25, 0.3) is 0 Å². The first-order valence-electron chi connectivity index (χ1n) is 7.39. The van der Waals surface area contributed by atoms with Crippen LogP contribution in [0.3, 0.4) is 0 Å². The molecule has 1 heterocycles. The van der Waals surface area contributed by atoms with Crippen molar-refractivity contribution in [1.82, 2.24) is 14.7 Å². The van der Waals surface area contributed by atoms with E-state index in [2.05, 4.69) is 14.7 Å². The average molecular weight is 416 g/mol. The van der Waals surface area contributed by atoms with Crippen LogP contribution in [0.2, 0.25) is 0 Å². The minimum atomic E-state index is -4.89. The van der Waals surface area contributed by atoms with Gasteiger partial charge in [0.1, 0.15) is 4.90 Å². The number of nitrogens with zero attached hydrogens (tertiary/aromatic N) is 2. The van der Waals surface area contributed by atoms with E-state index < -0.39 is 44.5 Å². The number of amides is 2. The van der Waals surface area contributed by atoms with Crippen LogP contribution in [-0.4, -0.2) is 44.6 Å². The number of hydrogen-bond acceptors (Lipinski definition) is 8. The number of urea groups is 1. The van der Waals surface area contributed by atoms with Crippen molar-refractivity contribution in [3.63, 3.8) is 0 Å². The number of esters is 1. The first-order valence-corrected chi connectivity index (χ1v) is 8.88. The third kappa shape index (κ3) is 4.68. The molecule has 0 atom stereocenters. The summed E-state index contributed by atoms with van der Waals surface area (Å²) in [6.45, 7) is 0. The summed E-state index contributed by atoms with van der Waals surface area (Å²) in [4.78, 5) is 30.2. The summed E-state index contributed by atoms with van der Waals surface area (Å²) in [6, 6.07) is 2.90. The van der Waals surface area contributed by atoms with E-state index in [0.29, 0.717) is 0 Å². The minimum absolute atomic E-state index is 0.0872. The first-order chi connectivity index (χ1) is 13.2. The van der Waals surface area contributed by atoms with Gasteiger partial charge < -0.3 is 9.47 Å². The molecule has 0 fully saturated rings. The molecular weight excluding hydrogens is 402 g/mol. The Labute approximate surface area is 157 Å². The zero-order chi connectivity index (χ0) is 20.9. The molecule has 28 heavy (non-hydrogen) atoms. The molecule has 150 valence electrons. The Morgan fingerprint density at radius 1 is 1.18 bits per heavy atom. The van der Waals surface area contributed by atoms with Crippen molar-refractivity contribution in [2.45, 2.75) is 11.3 Å². The van der Waals surface area contributed by atoms with E-state index in [0.717, 1.165) is 25.3 Å². The number of methoxy groups -OCH3 is 2. The highest BCUT2D eigenvalue weighted by Gasteiger charge is 2.31. The summed E-state index contributed by atoms with van der Waals surface area (Å²) in [5, 5.41) is 2.02. The van der Waals surface area contributed by atoms with E-state index in [4.69, 9.17) is 4.74 Å². The van der Waals surface area contributed by atoms with Crippen LogP contribution in [0.4, 0.5) is 19.5 Å². The second-order valence-electron chi connectivity index (χ2n) is 5.00. The van der Waals surface area contributed by atoms with E-state index in [-0.39, 0.29) is 11.8 Å². The van der Waals surface area contributed by atoms with E-state index in [9.17, 15) is 26.8 Å². The Kier molecular flexibility index (Phi) is 6.41. The fraction of sp³-hybridized carbons (Fsp3) is 0.200. The Hall–Kier alpha value is -3.35. The Morgan fingerprint density at radius 3 is 2.50 bits per heavy atom. The number of anilines is 1. The molecule has 0 aliphatic carbocycles. The van der Waals surface area contributed by atoms with Gasteiger partial charge in [0.15, 0.2) is 0 Å². The van der Waals surface area contributed by atoms with Gasteiger partial charge in [-0.05, 0) is 6.07 Å². The highest BCUT2D eigenvalue weighted by Crippen LogP contribution is 2.29. The molecule has 2 rings (SSSR count). The Bertz CT molecular complexity index is 1000. The molecule has 2 aromatic rings. The third-order valence-electron chi connectivity index (χ3n) is 3.25. The van der Waals surface area contributed by atoms with Gasteiger partial charge in [-0.25, -0.2) is 36.5 Å². The van der Waals surface area contributed by atoms with Gasteiger partial charge in [0.25, 0.3) is 16.4 Å². The number of carbonyl (C=O) groups excluding carboxylic acids is 2. The lowest BCUT2D eigenvalue weighted by Gasteiger charge is -2.14. The lowest BCUT2D eigenvalue weighted by Crippen LogP contribution is -2.36. The molecule has 2 amide bonds. The zero-order valence-corrected chi connectivity index (χ0v) is 15.3. The molecule has 0 aliphatic rings. The molecule has 1 aromatic carbocycles. The van der Waals surface area contributed by atoms with Gasteiger partial charge in [-0.1, -0.05) is 12.1 Å². The van der Waals surface area contributed by atoms with Crippen LogP contribution in [-0.2, 0) is 14.8 Å². The number of sulfonamides is 1. The van der Waals surface area contributed by atoms with Crippen molar-refractivity contribution < 1.29 is 36.3 Å². The monoisotopic (exact) mass is 416 g/mol. The van der Waals surface area contributed by atoms with Crippen LogP contribution < -0.4 is 14.8 Å². The van der Waals surface area contributed by atoms with Gasteiger partial charge in [-0.2, -0.15) is 4.98 Å². The number of alkyl halides is 2. The van der Waals surface area contributed by atoms with Crippen molar-refractivity contribution in [3.05, 3.63) is 41.6 Å². The SMILES string of the molecule is COC(=O)c1cccc(C(F)F)c1S(=O)(=O)NC(=O)Nc1nccc(OC)n1. The highest BCUT2D eigenvalue weighted by molar-refractivity contribution is 7.90. The molecule has 0 unspecified atom stereocenters. The smallest absolute Gasteiger partial charge is 0.339 e. The molecule has 0 spiro atoms. The van der Waals surface area contributed by atoms with Crippen LogP contribution in [0.15, 0.2) is 35.4 Å². The molecule has 10 nitrogen and oxygen atoms in total. The lowest BCUT2D eigenvalue weighted by molar-refractivity contribution is 0.0595. The number of nitrogens with one attached hydrogen (secondary N) is 2.